The highest BCUT2D eigenvalue weighted by molar-refractivity contribution is 5.95. The minimum absolute atomic E-state index is 0.107. The number of aryl methyl sites for hydroxylation is 2. The molecule has 0 saturated carbocycles. The molecule has 0 aliphatic carbocycles. The van der Waals surface area contributed by atoms with Gasteiger partial charge >= 0.3 is 0 Å². The molecule has 5 heteroatoms. The molecule has 1 amide bonds. The lowest BCUT2D eigenvalue weighted by atomic mass is 10.0. The topological polar surface area (TPSA) is 56.8 Å². The molecule has 2 rings (SSSR count). The molecule has 0 aliphatic rings. The smallest absolute Gasteiger partial charge is 0.251 e. The maximum absolute atomic E-state index is 12.4. The number of hydrogen-bond acceptors (Lipinski definition) is 4. The highest BCUT2D eigenvalue weighted by Gasteiger charge is 2.14. The number of ether oxygens (including phenoxy) is 3. The molecule has 2 aromatic carbocycles. The fraction of sp³-hybridized carbons (Fsp3) is 0.316. The van der Waals surface area contributed by atoms with Crippen molar-refractivity contribution in [3.05, 3.63) is 52.6 Å². The number of nitrogens with one attached hydrogen (secondary N) is 1. The van der Waals surface area contributed by atoms with Gasteiger partial charge in [0.25, 0.3) is 5.91 Å². The van der Waals surface area contributed by atoms with Crippen molar-refractivity contribution in [3.8, 4) is 17.2 Å². The van der Waals surface area contributed by atoms with Gasteiger partial charge in [0.2, 0.25) is 5.75 Å². The molecule has 0 atom stereocenters. The van der Waals surface area contributed by atoms with Crippen LogP contribution in [0.1, 0.15) is 27.0 Å². The van der Waals surface area contributed by atoms with E-state index in [2.05, 4.69) is 5.32 Å². The molecule has 0 fully saturated rings. The van der Waals surface area contributed by atoms with Crippen LogP contribution in [-0.2, 0) is 6.54 Å². The second-order valence-corrected chi connectivity index (χ2v) is 5.53. The SMILES string of the molecule is COc1cc(CNC(=O)c2cc(C)ccc2C)cc(OC)c1OC. The lowest BCUT2D eigenvalue weighted by molar-refractivity contribution is 0.0950. The van der Waals surface area contributed by atoms with E-state index in [0.29, 0.717) is 29.4 Å². The Hall–Kier alpha value is -2.69. The van der Waals surface area contributed by atoms with Crippen LogP contribution < -0.4 is 19.5 Å². The third kappa shape index (κ3) is 3.79. The number of amides is 1. The third-order valence-corrected chi connectivity index (χ3v) is 3.82. The van der Waals surface area contributed by atoms with Crippen LogP contribution in [-0.4, -0.2) is 27.2 Å². The highest BCUT2D eigenvalue weighted by atomic mass is 16.5. The van der Waals surface area contributed by atoms with Crippen molar-refractivity contribution in [1.82, 2.24) is 5.32 Å². The van der Waals surface area contributed by atoms with E-state index in [1.807, 2.05) is 44.2 Å². The van der Waals surface area contributed by atoms with E-state index in [1.54, 1.807) is 21.3 Å². The summed E-state index contributed by atoms with van der Waals surface area (Å²) in [4.78, 5) is 12.4. The molecule has 5 nitrogen and oxygen atoms in total. The fourth-order valence-corrected chi connectivity index (χ4v) is 2.50. The minimum atomic E-state index is -0.107. The van der Waals surface area contributed by atoms with E-state index in [0.717, 1.165) is 16.7 Å². The van der Waals surface area contributed by atoms with Crippen LogP contribution >= 0.6 is 0 Å². The van der Waals surface area contributed by atoms with E-state index in [1.165, 1.54) is 0 Å². The first kappa shape index (κ1) is 17.7. The van der Waals surface area contributed by atoms with Crippen LogP contribution in [0.15, 0.2) is 30.3 Å². The van der Waals surface area contributed by atoms with Crippen LogP contribution in [0.25, 0.3) is 0 Å². The summed E-state index contributed by atoms with van der Waals surface area (Å²) >= 11 is 0. The van der Waals surface area contributed by atoms with Crippen molar-refractivity contribution in [2.75, 3.05) is 21.3 Å². The summed E-state index contributed by atoms with van der Waals surface area (Å²) in [6.07, 6.45) is 0. The first-order valence-electron chi connectivity index (χ1n) is 7.64. The van der Waals surface area contributed by atoms with Gasteiger partial charge in [-0.2, -0.15) is 0 Å². The Morgan fingerprint density at radius 2 is 1.58 bits per heavy atom. The number of rotatable bonds is 6. The summed E-state index contributed by atoms with van der Waals surface area (Å²) < 4.78 is 16.0. The van der Waals surface area contributed by atoms with E-state index < -0.39 is 0 Å². The van der Waals surface area contributed by atoms with Gasteiger partial charge in [0.15, 0.2) is 11.5 Å². The van der Waals surface area contributed by atoms with Gasteiger partial charge in [-0.1, -0.05) is 17.7 Å². The van der Waals surface area contributed by atoms with Gasteiger partial charge in [-0.3, -0.25) is 4.79 Å². The van der Waals surface area contributed by atoms with Crippen molar-refractivity contribution in [3.63, 3.8) is 0 Å². The summed E-state index contributed by atoms with van der Waals surface area (Å²) in [5, 5.41) is 2.93. The van der Waals surface area contributed by atoms with Gasteiger partial charge in [-0.05, 0) is 43.2 Å². The number of carbonyl (C=O) groups is 1. The number of carbonyl (C=O) groups excluding carboxylic acids is 1. The average molecular weight is 329 g/mol. The molecule has 0 unspecified atom stereocenters. The Labute approximate surface area is 142 Å². The lowest BCUT2D eigenvalue weighted by Gasteiger charge is -2.15. The van der Waals surface area contributed by atoms with Crippen molar-refractivity contribution >= 4 is 5.91 Å². The summed E-state index contributed by atoms with van der Waals surface area (Å²) in [7, 11) is 4.69. The first-order chi connectivity index (χ1) is 11.5. The van der Waals surface area contributed by atoms with Gasteiger partial charge in [0.05, 0.1) is 21.3 Å². The standard InChI is InChI=1S/C19H23NO4/c1-12-6-7-13(2)15(8-12)19(21)20-11-14-9-16(22-3)18(24-5)17(10-14)23-4/h6-10H,11H2,1-5H3,(H,20,21). The zero-order valence-electron chi connectivity index (χ0n) is 14.7. The van der Waals surface area contributed by atoms with E-state index in [4.69, 9.17) is 14.2 Å². The molecule has 0 radical (unpaired) electrons. The van der Waals surface area contributed by atoms with Gasteiger partial charge in [-0.15, -0.1) is 0 Å². The summed E-state index contributed by atoms with van der Waals surface area (Å²) in [5.41, 5.74) is 3.55. The zero-order valence-corrected chi connectivity index (χ0v) is 14.7. The molecule has 24 heavy (non-hydrogen) atoms. The molecule has 0 heterocycles. The first-order valence-corrected chi connectivity index (χ1v) is 7.64. The molecule has 0 spiro atoms. The molecule has 1 N–H and O–H groups in total. The second-order valence-electron chi connectivity index (χ2n) is 5.53. The lowest BCUT2D eigenvalue weighted by Crippen LogP contribution is -2.23. The average Bonchev–Trinajstić information content (AvgIpc) is 2.60. The van der Waals surface area contributed by atoms with Crippen LogP contribution in [0.4, 0.5) is 0 Å². The van der Waals surface area contributed by atoms with Gasteiger partial charge in [0.1, 0.15) is 0 Å². The van der Waals surface area contributed by atoms with Crippen LogP contribution in [0.3, 0.4) is 0 Å². The normalized spacial score (nSPS) is 10.2. The van der Waals surface area contributed by atoms with Crippen molar-refractivity contribution in [1.29, 1.82) is 0 Å². The predicted octanol–water partition coefficient (Wildman–Crippen LogP) is 3.26. The predicted molar refractivity (Wildman–Crippen MR) is 93.2 cm³/mol. The van der Waals surface area contributed by atoms with Gasteiger partial charge in [0, 0.05) is 12.1 Å². The third-order valence-electron chi connectivity index (χ3n) is 3.82. The maximum Gasteiger partial charge on any atom is 0.251 e. The van der Waals surface area contributed by atoms with Crippen LogP contribution in [0.5, 0.6) is 17.2 Å². The number of methoxy groups -OCH3 is 3. The van der Waals surface area contributed by atoms with E-state index in [-0.39, 0.29) is 5.91 Å². The van der Waals surface area contributed by atoms with Crippen molar-refractivity contribution in [2.45, 2.75) is 20.4 Å². The molecule has 0 bridgehead atoms. The van der Waals surface area contributed by atoms with Crippen molar-refractivity contribution in [2.24, 2.45) is 0 Å². The Balaban J connectivity index is 2.19. The van der Waals surface area contributed by atoms with Crippen molar-refractivity contribution < 1.29 is 19.0 Å². The largest absolute Gasteiger partial charge is 0.493 e. The summed E-state index contributed by atoms with van der Waals surface area (Å²) in [6, 6.07) is 9.48. The zero-order chi connectivity index (χ0) is 17.7. The molecule has 0 saturated heterocycles. The second kappa shape index (κ2) is 7.73. The van der Waals surface area contributed by atoms with Crippen LogP contribution in [0.2, 0.25) is 0 Å². The molecular weight excluding hydrogens is 306 g/mol. The highest BCUT2D eigenvalue weighted by Crippen LogP contribution is 2.38. The number of hydrogen-bond donors (Lipinski definition) is 1. The van der Waals surface area contributed by atoms with E-state index >= 15 is 0 Å². The van der Waals surface area contributed by atoms with Gasteiger partial charge < -0.3 is 19.5 Å². The Bertz CT molecular complexity index is 715. The minimum Gasteiger partial charge on any atom is -0.493 e. The van der Waals surface area contributed by atoms with Gasteiger partial charge in [-0.25, -0.2) is 0 Å². The quantitative estimate of drug-likeness (QED) is 0.884. The van der Waals surface area contributed by atoms with Crippen LogP contribution in [0, 0.1) is 13.8 Å². The number of benzene rings is 2. The molecule has 0 aliphatic heterocycles. The fourth-order valence-electron chi connectivity index (χ4n) is 2.50. The summed E-state index contributed by atoms with van der Waals surface area (Å²) in [5.74, 6) is 1.55. The molecular formula is C19H23NO4. The van der Waals surface area contributed by atoms with E-state index in [9.17, 15) is 4.79 Å². The Kier molecular flexibility index (Phi) is 5.68. The monoisotopic (exact) mass is 329 g/mol. The molecule has 128 valence electrons. The molecule has 0 aromatic heterocycles. The maximum atomic E-state index is 12.4. The Morgan fingerprint density at radius 3 is 2.12 bits per heavy atom. The Morgan fingerprint density at radius 1 is 0.958 bits per heavy atom. The molecule has 2 aromatic rings. The summed E-state index contributed by atoms with van der Waals surface area (Å²) in [6.45, 7) is 4.26.